The van der Waals surface area contributed by atoms with E-state index < -0.39 is 29.7 Å². The Bertz CT molecular complexity index is 1090. The third kappa shape index (κ3) is 6.11. The van der Waals surface area contributed by atoms with Gasteiger partial charge in [0.25, 0.3) is 5.91 Å². The first-order valence-electron chi connectivity index (χ1n) is 9.32. The van der Waals surface area contributed by atoms with Crippen molar-refractivity contribution in [3.63, 3.8) is 0 Å². The zero-order valence-corrected chi connectivity index (χ0v) is 17.2. The van der Waals surface area contributed by atoms with Crippen molar-refractivity contribution in [2.75, 3.05) is 29.6 Å². The number of carbonyl (C=O) groups is 1. The SMILES string of the molecule is CN(C)c1ccc(C(=O)Nc2ccc(Nc3cc(C(F)(F)F)nc(C(F)(F)F)n3)cc2)cc1. The van der Waals surface area contributed by atoms with Crippen molar-refractivity contribution in [3.8, 4) is 0 Å². The van der Waals surface area contributed by atoms with Crippen LogP contribution in [0.1, 0.15) is 21.9 Å². The van der Waals surface area contributed by atoms with Crippen molar-refractivity contribution in [3.05, 3.63) is 71.7 Å². The molecule has 1 aromatic heterocycles. The van der Waals surface area contributed by atoms with E-state index in [9.17, 15) is 31.1 Å². The van der Waals surface area contributed by atoms with Crippen molar-refractivity contribution in [2.24, 2.45) is 0 Å². The topological polar surface area (TPSA) is 70.2 Å². The Morgan fingerprint density at radius 3 is 1.91 bits per heavy atom. The summed E-state index contributed by atoms with van der Waals surface area (Å²) in [6.45, 7) is 0. The number of hydrogen-bond acceptors (Lipinski definition) is 5. The number of aromatic nitrogens is 2. The summed E-state index contributed by atoms with van der Waals surface area (Å²) in [5, 5.41) is 5.04. The van der Waals surface area contributed by atoms with Crippen molar-refractivity contribution < 1.29 is 31.1 Å². The molecule has 1 heterocycles. The summed E-state index contributed by atoms with van der Waals surface area (Å²) in [4.78, 5) is 19.9. The summed E-state index contributed by atoms with van der Waals surface area (Å²) in [6, 6.07) is 12.8. The molecule has 0 spiro atoms. The zero-order chi connectivity index (χ0) is 24.4. The van der Waals surface area contributed by atoms with Gasteiger partial charge in [-0.15, -0.1) is 0 Å². The highest BCUT2D eigenvalue weighted by Crippen LogP contribution is 2.34. The highest BCUT2D eigenvalue weighted by Gasteiger charge is 2.40. The first-order valence-corrected chi connectivity index (χ1v) is 9.32. The van der Waals surface area contributed by atoms with Crippen LogP contribution in [0.3, 0.4) is 0 Å². The molecular formula is C21H17F6N5O. The zero-order valence-electron chi connectivity index (χ0n) is 17.2. The molecule has 3 rings (SSSR count). The molecule has 3 aromatic rings. The fraction of sp³-hybridized carbons (Fsp3) is 0.190. The van der Waals surface area contributed by atoms with Crippen LogP contribution in [0.15, 0.2) is 54.6 Å². The lowest BCUT2D eigenvalue weighted by Crippen LogP contribution is -2.18. The maximum absolute atomic E-state index is 12.9. The third-order valence-corrected chi connectivity index (χ3v) is 4.33. The number of hydrogen-bond donors (Lipinski definition) is 2. The molecule has 0 atom stereocenters. The van der Waals surface area contributed by atoms with Crippen molar-refractivity contribution in [2.45, 2.75) is 12.4 Å². The molecule has 0 aliphatic heterocycles. The van der Waals surface area contributed by atoms with E-state index in [-0.39, 0.29) is 11.6 Å². The molecule has 0 saturated heterocycles. The summed E-state index contributed by atoms with van der Waals surface area (Å²) >= 11 is 0. The van der Waals surface area contributed by atoms with Gasteiger partial charge in [-0.3, -0.25) is 4.79 Å². The van der Waals surface area contributed by atoms with Crippen molar-refractivity contribution >= 4 is 28.8 Å². The Hall–Kier alpha value is -3.83. The van der Waals surface area contributed by atoms with Crippen LogP contribution in [0.4, 0.5) is 49.2 Å². The first-order chi connectivity index (χ1) is 15.3. The summed E-state index contributed by atoms with van der Waals surface area (Å²) in [6.07, 6.45) is -10.2. The number of nitrogens with zero attached hydrogens (tertiary/aromatic N) is 3. The predicted molar refractivity (Wildman–Crippen MR) is 110 cm³/mol. The van der Waals surface area contributed by atoms with E-state index in [0.717, 1.165) is 5.69 Å². The summed E-state index contributed by atoms with van der Waals surface area (Å²) in [5.41, 5.74) is 0.119. The van der Waals surface area contributed by atoms with Gasteiger partial charge in [-0.05, 0) is 48.5 Å². The highest BCUT2D eigenvalue weighted by atomic mass is 19.4. The molecule has 174 valence electrons. The maximum Gasteiger partial charge on any atom is 0.451 e. The molecule has 33 heavy (non-hydrogen) atoms. The largest absolute Gasteiger partial charge is 0.451 e. The quantitative estimate of drug-likeness (QED) is 0.478. The molecule has 12 heteroatoms. The van der Waals surface area contributed by atoms with Crippen molar-refractivity contribution in [1.29, 1.82) is 0 Å². The van der Waals surface area contributed by atoms with Gasteiger partial charge in [0.15, 0.2) is 5.69 Å². The van der Waals surface area contributed by atoms with Crippen LogP contribution in [0.25, 0.3) is 0 Å². The van der Waals surface area contributed by atoms with Gasteiger partial charge in [-0.25, -0.2) is 9.97 Å². The lowest BCUT2D eigenvalue weighted by Gasteiger charge is -2.14. The van der Waals surface area contributed by atoms with Crippen molar-refractivity contribution in [1.82, 2.24) is 9.97 Å². The number of anilines is 4. The van der Waals surface area contributed by atoms with Crippen LogP contribution in [-0.2, 0) is 12.4 Å². The van der Waals surface area contributed by atoms with Gasteiger partial charge in [0.2, 0.25) is 5.82 Å². The van der Waals surface area contributed by atoms with Gasteiger partial charge in [0.05, 0.1) is 0 Å². The Kier molecular flexibility index (Phi) is 6.47. The minimum Gasteiger partial charge on any atom is -0.378 e. The average molecular weight is 469 g/mol. The van der Waals surface area contributed by atoms with Gasteiger partial charge in [0, 0.05) is 42.8 Å². The monoisotopic (exact) mass is 469 g/mol. The lowest BCUT2D eigenvalue weighted by atomic mass is 10.2. The molecule has 0 unspecified atom stereocenters. The van der Waals surface area contributed by atoms with Crippen LogP contribution in [0, 0.1) is 0 Å². The van der Waals surface area contributed by atoms with Gasteiger partial charge in [-0.2, -0.15) is 26.3 Å². The molecule has 1 amide bonds. The van der Waals surface area contributed by atoms with E-state index >= 15 is 0 Å². The van der Waals surface area contributed by atoms with Gasteiger partial charge < -0.3 is 15.5 Å². The molecule has 2 N–H and O–H groups in total. The Morgan fingerprint density at radius 2 is 1.39 bits per heavy atom. The highest BCUT2D eigenvalue weighted by molar-refractivity contribution is 6.04. The lowest BCUT2D eigenvalue weighted by molar-refractivity contribution is -0.152. The van der Waals surface area contributed by atoms with E-state index in [1.165, 1.54) is 24.3 Å². The maximum atomic E-state index is 12.9. The molecule has 0 aliphatic carbocycles. The second-order valence-electron chi connectivity index (χ2n) is 7.06. The average Bonchev–Trinajstić information content (AvgIpc) is 2.73. The number of halogens is 6. The minimum absolute atomic E-state index is 0.156. The molecule has 0 fully saturated rings. The van der Waals surface area contributed by atoms with E-state index in [1.54, 1.807) is 24.3 Å². The number of carbonyl (C=O) groups excluding carboxylic acids is 1. The molecular weight excluding hydrogens is 452 g/mol. The van der Waals surface area contributed by atoms with Gasteiger partial charge in [0.1, 0.15) is 5.82 Å². The smallest absolute Gasteiger partial charge is 0.378 e. The second kappa shape index (κ2) is 8.96. The number of rotatable bonds is 5. The fourth-order valence-corrected chi connectivity index (χ4v) is 2.68. The number of nitrogens with one attached hydrogen (secondary N) is 2. The first kappa shape index (κ1) is 23.8. The molecule has 0 radical (unpaired) electrons. The molecule has 0 saturated carbocycles. The fourth-order valence-electron chi connectivity index (χ4n) is 2.68. The molecule has 0 bridgehead atoms. The summed E-state index contributed by atoms with van der Waals surface area (Å²) in [7, 11) is 3.72. The number of amides is 1. The normalized spacial score (nSPS) is 11.8. The number of alkyl halides is 6. The van der Waals surface area contributed by atoms with Crippen LogP contribution in [0.2, 0.25) is 0 Å². The molecule has 0 aliphatic rings. The van der Waals surface area contributed by atoms with Crippen LogP contribution < -0.4 is 15.5 Å². The van der Waals surface area contributed by atoms with E-state index in [4.69, 9.17) is 0 Å². The third-order valence-electron chi connectivity index (χ3n) is 4.33. The molecule has 6 nitrogen and oxygen atoms in total. The van der Waals surface area contributed by atoms with E-state index in [0.29, 0.717) is 17.3 Å². The van der Waals surface area contributed by atoms with Crippen LogP contribution in [0.5, 0.6) is 0 Å². The van der Waals surface area contributed by atoms with Gasteiger partial charge >= 0.3 is 12.4 Å². The Labute approximate surface area is 184 Å². The van der Waals surface area contributed by atoms with Crippen LogP contribution in [-0.4, -0.2) is 30.0 Å². The van der Waals surface area contributed by atoms with Crippen LogP contribution >= 0.6 is 0 Å². The summed E-state index contributed by atoms with van der Waals surface area (Å²) < 4.78 is 77.4. The standard InChI is InChI=1S/C21H17F6N5O/c1-32(2)15-9-3-12(4-10-15)18(33)29-14-7-5-13(6-8-14)28-17-11-16(20(22,23)24)30-19(31-17)21(25,26)27/h3-11H,1-2H3,(H,29,33)(H,28,30,31). The predicted octanol–water partition coefficient (Wildman–Crippen LogP) is 5.58. The number of benzene rings is 2. The Morgan fingerprint density at radius 1 is 0.818 bits per heavy atom. The van der Waals surface area contributed by atoms with Gasteiger partial charge in [-0.1, -0.05) is 0 Å². The van der Waals surface area contributed by atoms with E-state index in [2.05, 4.69) is 20.6 Å². The molecule has 2 aromatic carbocycles. The van der Waals surface area contributed by atoms with E-state index in [1.807, 2.05) is 19.0 Å². The summed E-state index contributed by atoms with van der Waals surface area (Å²) in [5.74, 6) is -2.98. The second-order valence-corrected chi connectivity index (χ2v) is 7.06. The Balaban J connectivity index is 1.75. The minimum atomic E-state index is -5.16.